The second-order valence-electron chi connectivity index (χ2n) is 8.13. The van der Waals surface area contributed by atoms with E-state index in [1.165, 1.54) is 0 Å². The molecular formula is C27H27N5O2. The molecule has 0 bridgehead atoms. The fourth-order valence-corrected chi connectivity index (χ4v) is 3.50. The number of ether oxygens (including phenoxy) is 1. The third-order valence-corrected chi connectivity index (χ3v) is 5.42. The summed E-state index contributed by atoms with van der Waals surface area (Å²) in [6, 6.07) is 20.7. The maximum absolute atomic E-state index is 12.8. The van der Waals surface area contributed by atoms with Crippen molar-refractivity contribution in [2.45, 2.75) is 13.0 Å². The molecule has 0 aliphatic heterocycles. The zero-order valence-corrected chi connectivity index (χ0v) is 19.4. The van der Waals surface area contributed by atoms with Gasteiger partial charge in [0.1, 0.15) is 6.10 Å². The predicted octanol–water partition coefficient (Wildman–Crippen LogP) is 5.18. The van der Waals surface area contributed by atoms with Gasteiger partial charge in [-0.3, -0.25) is 9.78 Å². The van der Waals surface area contributed by atoms with Gasteiger partial charge in [-0.05, 0) is 55.0 Å². The van der Waals surface area contributed by atoms with Gasteiger partial charge in [-0.2, -0.15) is 0 Å². The van der Waals surface area contributed by atoms with E-state index in [0.29, 0.717) is 22.8 Å². The highest BCUT2D eigenvalue weighted by atomic mass is 16.5. The molecule has 0 saturated heterocycles. The molecule has 34 heavy (non-hydrogen) atoms. The molecule has 0 aliphatic rings. The molecule has 3 N–H and O–H groups in total. The van der Waals surface area contributed by atoms with Crippen molar-refractivity contribution in [3.8, 4) is 16.9 Å². The van der Waals surface area contributed by atoms with E-state index in [4.69, 9.17) is 10.5 Å². The SMILES string of the molecule is CC(Oc1cc(-c2cccnc2)cnc1N)c1cccc(NC(=O)c2cccc(N(C)C)c2)c1. The van der Waals surface area contributed by atoms with E-state index in [-0.39, 0.29) is 12.0 Å². The van der Waals surface area contributed by atoms with Crippen molar-refractivity contribution < 1.29 is 9.53 Å². The van der Waals surface area contributed by atoms with Gasteiger partial charge >= 0.3 is 0 Å². The molecule has 4 aromatic rings. The van der Waals surface area contributed by atoms with Crippen LogP contribution in [0.4, 0.5) is 17.2 Å². The lowest BCUT2D eigenvalue weighted by Gasteiger charge is -2.18. The number of carbonyl (C=O) groups is 1. The molecule has 172 valence electrons. The Labute approximate surface area is 199 Å². The number of nitrogen functional groups attached to an aromatic ring is 1. The lowest BCUT2D eigenvalue weighted by atomic mass is 10.1. The first-order valence-electron chi connectivity index (χ1n) is 10.9. The first kappa shape index (κ1) is 22.8. The molecule has 4 rings (SSSR count). The van der Waals surface area contributed by atoms with E-state index in [2.05, 4.69) is 15.3 Å². The molecule has 0 saturated carbocycles. The number of anilines is 3. The van der Waals surface area contributed by atoms with Gasteiger partial charge in [0.2, 0.25) is 0 Å². The zero-order chi connectivity index (χ0) is 24.1. The summed E-state index contributed by atoms with van der Waals surface area (Å²) in [5, 5.41) is 2.97. The minimum absolute atomic E-state index is 0.174. The number of nitrogens with zero attached hydrogens (tertiary/aromatic N) is 3. The average Bonchev–Trinajstić information content (AvgIpc) is 2.86. The van der Waals surface area contributed by atoms with Gasteiger partial charge < -0.3 is 20.7 Å². The Morgan fingerprint density at radius 2 is 1.82 bits per heavy atom. The molecule has 0 spiro atoms. The monoisotopic (exact) mass is 453 g/mol. The highest BCUT2D eigenvalue weighted by molar-refractivity contribution is 6.04. The summed E-state index contributed by atoms with van der Waals surface area (Å²) in [6.07, 6.45) is 4.87. The number of rotatable bonds is 7. The van der Waals surface area contributed by atoms with Gasteiger partial charge in [0, 0.05) is 60.8 Å². The number of carbonyl (C=O) groups excluding carboxylic acids is 1. The van der Waals surface area contributed by atoms with Crippen LogP contribution in [0, 0.1) is 0 Å². The molecule has 0 aliphatic carbocycles. The van der Waals surface area contributed by atoms with Crippen LogP contribution >= 0.6 is 0 Å². The van der Waals surface area contributed by atoms with Crippen molar-refractivity contribution >= 4 is 23.1 Å². The minimum Gasteiger partial charge on any atom is -0.482 e. The lowest BCUT2D eigenvalue weighted by molar-refractivity contribution is 0.102. The Morgan fingerprint density at radius 1 is 1.00 bits per heavy atom. The number of nitrogens with one attached hydrogen (secondary N) is 1. The molecule has 1 atom stereocenters. The Bertz CT molecular complexity index is 1290. The lowest BCUT2D eigenvalue weighted by Crippen LogP contribution is -2.14. The van der Waals surface area contributed by atoms with Crippen LogP contribution in [0.15, 0.2) is 85.3 Å². The topological polar surface area (TPSA) is 93.4 Å². The molecule has 1 amide bonds. The van der Waals surface area contributed by atoms with Crippen LogP contribution < -0.4 is 20.7 Å². The molecule has 7 heteroatoms. The molecule has 2 aromatic carbocycles. The summed E-state index contributed by atoms with van der Waals surface area (Å²) >= 11 is 0. The Morgan fingerprint density at radius 3 is 2.59 bits per heavy atom. The van der Waals surface area contributed by atoms with Crippen LogP contribution in [-0.4, -0.2) is 30.0 Å². The van der Waals surface area contributed by atoms with Crippen LogP contribution in [0.25, 0.3) is 11.1 Å². The van der Waals surface area contributed by atoms with E-state index in [1.54, 1.807) is 24.7 Å². The van der Waals surface area contributed by atoms with Crippen LogP contribution in [0.2, 0.25) is 0 Å². The first-order valence-corrected chi connectivity index (χ1v) is 10.9. The molecule has 1 unspecified atom stereocenters. The normalized spacial score (nSPS) is 11.5. The van der Waals surface area contributed by atoms with Gasteiger partial charge in [-0.25, -0.2) is 4.98 Å². The fourth-order valence-electron chi connectivity index (χ4n) is 3.50. The van der Waals surface area contributed by atoms with Gasteiger partial charge in [-0.1, -0.05) is 24.3 Å². The summed E-state index contributed by atoms with van der Waals surface area (Å²) in [4.78, 5) is 23.2. The van der Waals surface area contributed by atoms with Crippen molar-refractivity contribution in [3.05, 3.63) is 96.4 Å². The molecule has 7 nitrogen and oxygen atoms in total. The standard InChI is InChI=1S/C27H27N5O2/c1-18(34-25-15-22(17-30-26(25)28)21-9-6-12-29-16-21)19-7-4-10-23(13-19)31-27(33)20-8-5-11-24(14-20)32(2)3/h4-18H,1-3H3,(H2,28,30)(H,31,33). The number of hydrogen-bond donors (Lipinski definition) is 2. The van der Waals surface area contributed by atoms with Crippen molar-refractivity contribution in [1.82, 2.24) is 9.97 Å². The number of benzene rings is 2. The molecule has 0 fully saturated rings. The minimum atomic E-state index is -0.317. The van der Waals surface area contributed by atoms with Crippen molar-refractivity contribution in [1.29, 1.82) is 0 Å². The molecule has 2 heterocycles. The maximum Gasteiger partial charge on any atom is 0.255 e. The Balaban J connectivity index is 1.50. The summed E-state index contributed by atoms with van der Waals surface area (Å²) in [5.41, 5.74) is 11.0. The van der Waals surface area contributed by atoms with Crippen LogP contribution in [0.1, 0.15) is 28.9 Å². The van der Waals surface area contributed by atoms with Gasteiger partial charge in [0.15, 0.2) is 11.6 Å². The van der Waals surface area contributed by atoms with E-state index in [0.717, 1.165) is 22.4 Å². The third kappa shape index (κ3) is 5.32. The first-order chi connectivity index (χ1) is 16.4. The number of aromatic nitrogens is 2. The number of pyridine rings is 2. The largest absolute Gasteiger partial charge is 0.482 e. The van der Waals surface area contributed by atoms with E-state index >= 15 is 0 Å². The summed E-state index contributed by atoms with van der Waals surface area (Å²) in [7, 11) is 3.88. The number of nitrogens with two attached hydrogens (primary N) is 1. The van der Waals surface area contributed by atoms with Gasteiger partial charge in [-0.15, -0.1) is 0 Å². The fraction of sp³-hybridized carbons (Fsp3) is 0.148. The van der Waals surface area contributed by atoms with Crippen LogP contribution in [0.3, 0.4) is 0 Å². The zero-order valence-electron chi connectivity index (χ0n) is 19.4. The van der Waals surface area contributed by atoms with Crippen molar-refractivity contribution in [3.63, 3.8) is 0 Å². The average molecular weight is 454 g/mol. The third-order valence-electron chi connectivity index (χ3n) is 5.42. The van der Waals surface area contributed by atoms with Crippen molar-refractivity contribution in [2.75, 3.05) is 30.0 Å². The molecule has 0 radical (unpaired) electrons. The van der Waals surface area contributed by atoms with Crippen molar-refractivity contribution in [2.24, 2.45) is 0 Å². The summed E-state index contributed by atoms with van der Waals surface area (Å²) in [5.74, 6) is 0.626. The Hall–Kier alpha value is -4.39. The second-order valence-corrected chi connectivity index (χ2v) is 8.13. The maximum atomic E-state index is 12.8. The van der Waals surface area contributed by atoms with Crippen LogP contribution in [0.5, 0.6) is 5.75 Å². The van der Waals surface area contributed by atoms with E-state index in [9.17, 15) is 4.79 Å². The van der Waals surface area contributed by atoms with E-state index < -0.39 is 0 Å². The second kappa shape index (κ2) is 10.0. The number of amides is 1. The highest BCUT2D eigenvalue weighted by Crippen LogP contribution is 2.31. The smallest absolute Gasteiger partial charge is 0.255 e. The Kier molecular flexibility index (Phi) is 6.73. The van der Waals surface area contributed by atoms with E-state index in [1.807, 2.05) is 86.6 Å². The van der Waals surface area contributed by atoms with Gasteiger partial charge in [0.25, 0.3) is 5.91 Å². The summed E-state index contributed by atoms with van der Waals surface area (Å²) in [6.45, 7) is 1.93. The molecule has 2 aromatic heterocycles. The quantitative estimate of drug-likeness (QED) is 0.400. The highest BCUT2D eigenvalue weighted by Gasteiger charge is 2.14. The van der Waals surface area contributed by atoms with Crippen LogP contribution in [-0.2, 0) is 0 Å². The predicted molar refractivity (Wildman–Crippen MR) is 136 cm³/mol. The summed E-state index contributed by atoms with van der Waals surface area (Å²) < 4.78 is 6.15. The van der Waals surface area contributed by atoms with Gasteiger partial charge in [0.05, 0.1) is 0 Å². The molecular weight excluding hydrogens is 426 g/mol. The number of hydrogen-bond acceptors (Lipinski definition) is 6.